The number of amides is 1. The zero-order chi connectivity index (χ0) is 23.2. The highest BCUT2D eigenvalue weighted by molar-refractivity contribution is 5.70. The molecular weight excluding hydrogens is 412 g/mol. The summed E-state index contributed by atoms with van der Waals surface area (Å²) in [7, 11) is 2.97. The molecule has 0 aromatic heterocycles. The Bertz CT molecular complexity index is 755. The van der Waals surface area contributed by atoms with Gasteiger partial charge in [-0.2, -0.15) is 0 Å². The van der Waals surface area contributed by atoms with Crippen LogP contribution in [0.4, 0.5) is 13.6 Å². The third-order valence-corrected chi connectivity index (χ3v) is 6.41. The summed E-state index contributed by atoms with van der Waals surface area (Å²) in [5.74, 6) is 2.52. The van der Waals surface area contributed by atoms with Gasteiger partial charge in [-0.1, -0.05) is 11.8 Å². The third-order valence-electron chi connectivity index (χ3n) is 6.41. The van der Waals surface area contributed by atoms with E-state index in [2.05, 4.69) is 11.8 Å². The molecule has 0 radical (unpaired) electrons. The van der Waals surface area contributed by atoms with Crippen LogP contribution in [0, 0.1) is 17.8 Å². The van der Waals surface area contributed by atoms with Crippen molar-refractivity contribution in [1.29, 1.82) is 0 Å². The number of methoxy groups -OCH3 is 2. The maximum Gasteiger partial charge on any atom is 0.410 e. The van der Waals surface area contributed by atoms with E-state index in [1.807, 2.05) is 0 Å². The molecule has 0 aromatic rings. The summed E-state index contributed by atoms with van der Waals surface area (Å²) in [5.41, 5.74) is -1.32. The number of ether oxygens (including phenoxy) is 5. The Morgan fingerprint density at radius 2 is 1.74 bits per heavy atom. The van der Waals surface area contributed by atoms with Gasteiger partial charge in [0.05, 0.1) is 24.4 Å². The van der Waals surface area contributed by atoms with Crippen LogP contribution in [0.2, 0.25) is 0 Å². The second kappa shape index (κ2) is 8.14. The molecule has 3 aliphatic rings. The molecule has 2 unspecified atom stereocenters. The topological polar surface area (TPSA) is 66.5 Å². The second-order valence-electron chi connectivity index (χ2n) is 9.63. The van der Waals surface area contributed by atoms with E-state index in [1.165, 1.54) is 14.2 Å². The van der Waals surface area contributed by atoms with Crippen LogP contribution in [0.15, 0.2) is 0 Å². The number of halogens is 2. The largest absolute Gasteiger partial charge is 0.444 e. The van der Waals surface area contributed by atoms with Gasteiger partial charge in [0.2, 0.25) is 18.0 Å². The Hall–Kier alpha value is -1.47. The lowest BCUT2D eigenvalue weighted by Gasteiger charge is -2.57. The number of hydrogen-bond donors (Lipinski definition) is 0. The lowest BCUT2D eigenvalue weighted by molar-refractivity contribution is -0.456. The van der Waals surface area contributed by atoms with Crippen LogP contribution in [0.5, 0.6) is 0 Å². The molecule has 1 amide bonds. The van der Waals surface area contributed by atoms with Crippen LogP contribution in [0.3, 0.4) is 0 Å². The second-order valence-corrected chi connectivity index (χ2v) is 9.63. The highest BCUT2D eigenvalue weighted by Gasteiger charge is 2.68. The monoisotopic (exact) mass is 445 g/mol. The average molecular weight is 446 g/mol. The summed E-state index contributed by atoms with van der Waals surface area (Å²) >= 11 is 0. The van der Waals surface area contributed by atoms with Crippen LogP contribution in [-0.4, -0.2) is 73.1 Å². The van der Waals surface area contributed by atoms with E-state index in [1.54, 1.807) is 39.5 Å². The lowest BCUT2D eigenvalue weighted by Crippen LogP contribution is -2.72. The summed E-state index contributed by atoms with van der Waals surface area (Å²) in [4.78, 5) is 14.7. The van der Waals surface area contributed by atoms with Gasteiger partial charge in [-0.05, 0) is 47.5 Å². The van der Waals surface area contributed by atoms with Gasteiger partial charge in [-0.3, -0.25) is 4.90 Å². The summed E-state index contributed by atoms with van der Waals surface area (Å²) in [6.07, 6.45) is -3.39. The quantitative estimate of drug-likeness (QED) is 0.619. The maximum atomic E-state index is 13.1. The first-order chi connectivity index (χ1) is 14.3. The minimum absolute atomic E-state index is 0.214. The Balaban J connectivity index is 1.99. The summed E-state index contributed by atoms with van der Waals surface area (Å²) in [6, 6.07) is 0. The normalized spacial score (nSPS) is 36.6. The van der Waals surface area contributed by atoms with Crippen molar-refractivity contribution in [2.24, 2.45) is 5.92 Å². The van der Waals surface area contributed by atoms with E-state index in [4.69, 9.17) is 23.7 Å². The van der Waals surface area contributed by atoms with Crippen molar-refractivity contribution in [1.82, 2.24) is 4.90 Å². The van der Waals surface area contributed by atoms with Gasteiger partial charge in [0.1, 0.15) is 17.8 Å². The summed E-state index contributed by atoms with van der Waals surface area (Å²) in [5, 5.41) is 0. The zero-order valence-electron chi connectivity index (χ0n) is 19.3. The Morgan fingerprint density at radius 1 is 1.16 bits per heavy atom. The maximum absolute atomic E-state index is 13.1. The first kappa shape index (κ1) is 24.2. The molecule has 3 rings (SSSR count). The summed E-state index contributed by atoms with van der Waals surface area (Å²) < 4.78 is 55.0. The van der Waals surface area contributed by atoms with Crippen molar-refractivity contribution in [2.75, 3.05) is 20.8 Å². The molecule has 9 heteroatoms. The van der Waals surface area contributed by atoms with Gasteiger partial charge in [-0.25, -0.2) is 13.6 Å². The van der Waals surface area contributed by atoms with Crippen molar-refractivity contribution in [3.05, 3.63) is 0 Å². The third kappa shape index (κ3) is 4.40. The number of fused-ring (bicyclic) bond motifs is 1. The molecule has 176 valence electrons. The first-order valence-electron chi connectivity index (χ1n) is 10.5. The molecule has 1 aliphatic carbocycles. The number of likely N-dealkylation sites (tertiary alicyclic amines) is 1. The molecule has 3 fully saturated rings. The Labute approximate surface area is 182 Å². The molecule has 2 aliphatic heterocycles. The van der Waals surface area contributed by atoms with Crippen molar-refractivity contribution >= 4 is 6.09 Å². The van der Waals surface area contributed by atoms with Crippen molar-refractivity contribution in [3.63, 3.8) is 0 Å². The molecule has 2 saturated heterocycles. The number of alkyl halides is 2. The molecule has 0 N–H and O–H groups in total. The first-order valence-corrected chi connectivity index (χ1v) is 10.5. The molecule has 5 atom stereocenters. The number of rotatable bonds is 3. The standard InChI is InChI=1S/C22H33F2NO6/c1-19(2,3)31-18(26)25-13-15-17(30-21(5,28-7)20(4,27-6)29-15)14(22(25)11-12-22)9-8-10-16(23)24/h14-17H,10-13H2,1-7H3/t14-,15-,17-,20?,21?/m1/s1. The van der Waals surface area contributed by atoms with Gasteiger partial charge in [-0.15, -0.1) is 0 Å². The van der Waals surface area contributed by atoms with Crippen LogP contribution < -0.4 is 0 Å². The van der Waals surface area contributed by atoms with E-state index in [9.17, 15) is 13.6 Å². The van der Waals surface area contributed by atoms with E-state index in [-0.39, 0.29) is 6.54 Å². The number of hydrogen-bond acceptors (Lipinski definition) is 6. The SMILES string of the molecule is COC1(C)O[C@@H]2[C@@H](C#CCC(F)F)C3(CC3)N(C(=O)OC(C)(C)C)C[C@H]2OC1(C)OC. The number of piperidine rings is 1. The van der Waals surface area contributed by atoms with Gasteiger partial charge in [0.15, 0.2) is 0 Å². The van der Waals surface area contributed by atoms with Gasteiger partial charge in [0, 0.05) is 14.2 Å². The fraction of sp³-hybridized carbons (Fsp3) is 0.864. The zero-order valence-corrected chi connectivity index (χ0v) is 19.3. The minimum atomic E-state index is -2.53. The highest BCUT2D eigenvalue weighted by Crippen LogP contribution is 2.56. The van der Waals surface area contributed by atoms with Crippen molar-refractivity contribution in [2.45, 2.75) is 95.2 Å². The van der Waals surface area contributed by atoms with E-state index in [0.717, 1.165) is 0 Å². The Kier molecular flexibility index (Phi) is 6.35. The van der Waals surface area contributed by atoms with Gasteiger partial charge < -0.3 is 23.7 Å². The average Bonchev–Trinajstić information content (AvgIpc) is 3.44. The minimum Gasteiger partial charge on any atom is -0.444 e. The van der Waals surface area contributed by atoms with Gasteiger partial charge in [0.25, 0.3) is 0 Å². The van der Waals surface area contributed by atoms with Crippen LogP contribution in [0.25, 0.3) is 0 Å². The number of carbonyl (C=O) groups is 1. The van der Waals surface area contributed by atoms with Crippen LogP contribution >= 0.6 is 0 Å². The fourth-order valence-electron chi connectivity index (χ4n) is 4.38. The molecule has 1 saturated carbocycles. The van der Waals surface area contributed by atoms with Crippen molar-refractivity contribution < 1.29 is 37.3 Å². The number of nitrogens with zero attached hydrogens (tertiary/aromatic N) is 1. The van der Waals surface area contributed by atoms with Crippen LogP contribution in [0.1, 0.15) is 53.9 Å². The molecule has 2 heterocycles. The predicted molar refractivity (Wildman–Crippen MR) is 107 cm³/mol. The molecule has 0 aromatic carbocycles. The number of carbonyl (C=O) groups excluding carboxylic acids is 1. The van der Waals surface area contributed by atoms with E-state index in [0.29, 0.717) is 12.8 Å². The van der Waals surface area contributed by atoms with Crippen LogP contribution in [-0.2, 0) is 23.7 Å². The van der Waals surface area contributed by atoms with E-state index < -0.39 is 59.8 Å². The molecular formula is C22H33F2NO6. The highest BCUT2D eigenvalue weighted by atomic mass is 19.3. The summed E-state index contributed by atoms with van der Waals surface area (Å²) in [6.45, 7) is 9.00. The van der Waals surface area contributed by atoms with E-state index >= 15 is 0 Å². The molecule has 1 spiro atoms. The van der Waals surface area contributed by atoms with Gasteiger partial charge >= 0.3 is 6.09 Å². The van der Waals surface area contributed by atoms with Crippen molar-refractivity contribution in [3.8, 4) is 11.8 Å². The fourth-order valence-corrected chi connectivity index (χ4v) is 4.38. The molecule has 31 heavy (non-hydrogen) atoms. The smallest absolute Gasteiger partial charge is 0.410 e. The Morgan fingerprint density at radius 3 is 2.23 bits per heavy atom. The molecule has 0 bridgehead atoms. The predicted octanol–water partition coefficient (Wildman–Crippen LogP) is 3.55. The molecule has 7 nitrogen and oxygen atoms in total. The lowest BCUT2D eigenvalue weighted by atomic mass is 9.81.